The second-order valence-electron chi connectivity index (χ2n) is 6.40. The first-order valence-electron chi connectivity index (χ1n) is 8.47. The van der Waals surface area contributed by atoms with Crippen LogP contribution in [0.1, 0.15) is 38.3 Å². The van der Waals surface area contributed by atoms with E-state index in [0.29, 0.717) is 5.92 Å². The maximum absolute atomic E-state index is 5.15. The maximum atomic E-state index is 5.15. The van der Waals surface area contributed by atoms with Gasteiger partial charge in [0.2, 0.25) is 0 Å². The average molecular weight is 304 g/mol. The van der Waals surface area contributed by atoms with Gasteiger partial charge in [-0.3, -0.25) is 9.98 Å². The molecule has 1 aliphatic rings. The maximum Gasteiger partial charge on any atom is 0.0909 e. The fourth-order valence-electron chi connectivity index (χ4n) is 3.14. The van der Waals surface area contributed by atoms with E-state index < -0.39 is 0 Å². The first-order valence-corrected chi connectivity index (χ1v) is 8.47. The first kappa shape index (κ1) is 15.7. The van der Waals surface area contributed by atoms with Gasteiger partial charge in [-0.05, 0) is 12.3 Å². The Morgan fingerprint density at radius 3 is 1.70 bits per heavy atom. The molecule has 2 unspecified atom stereocenters. The van der Waals surface area contributed by atoms with Crippen LogP contribution in [0.2, 0.25) is 0 Å². The zero-order valence-corrected chi connectivity index (χ0v) is 14.1. The normalized spacial score (nSPS) is 21.0. The molecule has 0 amide bonds. The minimum Gasteiger partial charge on any atom is -0.277 e. The van der Waals surface area contributed by atoms with Crippen molar-refractivity contribution in [1.29, 1.82) is 0 Å². The molecule has 3 rings (SSSR count). The lowest BCUT2D eigenvalue weighted by Gasteiger charge is -2.30. The monoisotopic (exact) mass is 304 g/mol. The van der Waals surface area contributed by atoms with Gasteiger partial charge < -0.3 is 0 Å². The minimum absolute atomic E-state index is 0.252. The Balaban J connectivity index is 2.12. The fraction of sp³-hybridized carbons (Fsp3) is 0.333. The third-order valence-corrected chi connectivity index (χ3v) is 4.39. The highest BCUT2D eigenvalue weighted by Gasteiger charge is 2.29. The molecular formula is C21H24N2. The van der Waals surface area contributed by atoms with Crippen LogP contribution < -0.4 is 0 Å². The number of hydrogen-bond donors (Lipinski definition) is 0. The summed E-state index contributed by atoms with van der Waals surface area (Å²) in [6, 6.07) is 21.4. The zero-order chi connectivity index (χ0) is 16.2. The molecule has 0 fully saturated rings. The van der Waals surface area contributed by atoms with Crippen molar-refractivity contribution in [2.75, 3.05) is 0 Å². The Morgan fingerprint density at radius 1 is 0.783 bits per heavy atom. The molecule has 2 aromatic rings. The molecule has 118 valence electrons. The van der Waals surface area contributed by atoms with Crippen LogP contribution in [0, 0.1) is 5.92 Å². The van der Waals surface area contributed by atoms with Crippen LogP contribution in [-0.2, 0) is 0 Å². The molecule has 0 aliphatic carbocycles. The highest BCUT2D eigenvalue weighted by molar-refractivity contribution is 6.53. The average Bonchev–Trinajstić information content (AvgIpc) is 2.62. The van der Waals surface area contributed by atoms with Crippen LogP contribution in [-0.4, -0.2) is 23.5 Å². The Bertz CT molecular complexity index is 699. The van der Waals surface area contributed by atoms with Crippen LogP contribution in [0.25, 0.3) is 0 Å². The summed E-state index contributed by atoms with van der Waals surface area (Å²) in [5.41, 5.74) is 4.35. The number of benzene rings is 2. The van der Waals surface area contributed by atoms with Crippen molar-refractivity contribution < 1.29 is 0 Å². The summed E-state index contributed by atoms with van der Waals surface area (Å²) in [6.45, 7) is 6.68. The van der Waals surface area contributed by atoms with E-state index in [9.17, 15) is 0 Å². The van der Waals surface area contributed by atoms with Crippen LogP contribution in [0.15, 0.2) is 70.6 Å². The third-order valence-electron chi connectivity index (χ3n) is 4.39. The van der Waals surface area contributed by atoms with E-state index in [1.54, 1.807) is 0 Å². The van der Waals surface area contributed by atoms with Gasteiger partial charge in [0.25, 0.3) is 0 Å². The van der Waals surface area contributed by atoms with Crippen LogP contribution in [0.3, 0.4) is 0 Å². The Kier molecular flexibility index (Phi) is 4.71. The zero-order valence-electron chi connectivity index (χ0n) is 14.1. The summed E-state index contributed by atoms with van der Waals surface area (Å²) < 4.78 is 0. The summed E-state index contributed by atoms with van der Waals surface area (Å²) in [5.74, 6) is 0.486. The lowest BCUT2D eigenvalue weighted by atomic mass is 9.90. The molecule has 1 heterocycles. The van der Waals surface area contributed by atoms with E-state index in [-0.39, 0.29) is 12.1 Å². The van der Waals surface area contributed by atoms with Crippen molar-refractivity contribution >= 4 is 11.4 Å². The molecule has 0 spiro atoms. The lowest BCUT2D eigenvalue weighted by Crippen LogP contribution is -2.37. The molecule has 0 bridgehead atoms. The van der Waals surface area contributed by atoms with Crippen LogP contribution in [0.5, 0.6) is 0 Å². The molecule has 2 heteroatoms. The molecule has 0 N–H and O–H groups in total. The van der Waals surface area contributed by atoms with Gasteiger partial charge in [0.15, 0.2) is 0 Å². The molecular weight excluding hydrogens is 280 g/mol. The lowest BCUT2D eigenvalue weighted by molar-refractivity contribution is 0.408. The van der Waals surface area contributed by atoms with Crippen molar-refractivity contribution in [3.05, 3.63) is 71.8 Å². The van der Waals surface area contributed by atoms with Gasteiger partial charge in [-0.25, -0.2) is 0 Å². The molecule has 2 nitrogen and oxygen atoms in total. The van der Waals surface area contributed by atoms with Gasteiger partial charge in [-0.1, -0.05) is 81.4 Å². The second-order valence-corrected chi connectivity index (χ2v) is 6.40. The van der Waals surface area contributed by atoms with Gasteiger partial charge in [0, 0.05) is 11.1 Å². The van der Waals surface area contributed by atoms with E-state index in [1.807, 2.05) is 12.1 Å². The topological polar surface area (TPSA) is 24.7 Å². The number of rotatable bonds is 4. The quantitative estimate of drug-likeness (QED) is 0.776. The number of nitrogens with zero attached hydrogens (tertiary/aromatic N) is 2. The molecule has 0 aromatic heterocycles. The summed E-state index contributed by atoms with van der Waals surface area (Å²) in [4.78, 5) is 10.3. The first-order chi connectivity index (χ1) is 11.2. The molecule has 2 atom stereocenters. The van der Waals surface area contributed by atoms with E-state index in [2.05, 4.69) is 69.3 Å². The molecule has 1 aliphatic heterocycles. The van der Waals surface area contributed by atoms with Gasteiger partial charge in [0.1, 0.15) is 0 Å². The predicted molar refractivity (Wildman–Crippen MR) is 98.7 cm³/mol. The highest BCUT2D eigenvalue weighted by atomic mass is 15.0. The fourth-order valence-corrected chi connectivity index (χ4v) is 3.14. The summed E-state index contributed by atoms with van der Waals surface area (Å²) in [6.07, 6.45) is 1.02. The van der Waals surface area contributed by atoms with Crippen LogP contribution >= 0.6 is 0 Å². The highest BCUT2D eigenvalue weighted by Crippen LogP contribution is 2.25. The SMILES string of the molecule is CCC1N=C(c2ccccc2)C(c2ccccc2)=NC1C(C)C. The Hall–Kier alpha value is -2.22. The molecule has 0 saturated heterocycles. The third kappa shape index (κ3) is 3.26. The molecule has 0 radical (unpaired) electrons. The van der Waals surface area contributed by atoms with Crippen LogP contribution in [0.4, 0.5) is 0 Å². The second kappa shape index (κ2) is 6.91. The van der Waals surface area contributed by atoms with Gasteiger partial charge in [-0.15, -0.1) is 0 Å². The summed E-state index contributed by atoms with van der Waals surface area (Å²) in [5, 5.41) is 0. The molecule has 0 saturated carbocycles. The van der Waals surface area contributed by atoms with E-state index in [1.165, 1.54) is 0 Å². The standard InChI is InChI=1S/C21H24N2/c1-4-18-19(15(2)3)23-21(17-13-9-6-10-14-17)20(22-18)16-11-7-5-8-12-16/h5-15,18-19H,4H2,1-3H3. The van der Waals surface area contributed by atoms with Crippen molar-refractivity contribution in [3.63, 3.8) is 0 Å². The largest absolute Gasteiger partial charge is 0.277 e. The Morgan fingerprint density at radius 2 is 1.26 bits per heavy atom. The van der Waals surface area contributed by atoms with E-state index >= 15 is 0 Å². The van der Waals surface area contributed by atoms with Crippen molar-refractivity contribution in [3.8, 4) is 0 Å². The van der Waals surface area contributed by atoms with Crippen molar-refractivity contribution in [2.24, 2.45) is 15.9 Å². The minimum atomic E-state index is 0.252. The summed E-state index contributed by atoms with van der Waals surface area (Å²) in [7, 11) is 0. The van der Waals surface area contributed by atoms with Crippen molar-refractivity contribution in [1.82, 2.24) is 0 Å². The van der Waals surface area contributed by atoms with Crippen molar-refractivity contribution in [2.45, 2.75) is 39.3 Å². The van der Waals surface area contributed by atoms with E-state index in [4.69, 9.17) is 9.98 Å². The van der Waals surface area contributed by atoms with Gasteiger partial charge in [0.05, 0.1) is 23.5 Å². The number of hydrogen-bond acceptors (Lipinski definition) is 2. The summed E-state index contributed by atoms with van der Waals surface area (Å²) >= 11 is 0. The smallest absolute Gasteiger partial charge is 0.0909 e. The van der Waals surface area contributed by atoms with Gasteiger partial charge in [-0.2, -0.15) is 0 Å². The molecule has 23 heavy (non-hydrogen) atoms. The predicted octanol–water partition coefficient (Wildman–Crippen LogP) is 4.78. The molecule has 2 aromatic carbocycles. The van der Waals surface area contributed by atoms with Gasteiger partial charge >= 0.3 is 0 Å². The van der Waals surface area contributed by atoms with E-state index in [0.717, 1.165) is 29.0 Å². The number of aliphatic imine (C=N–C) groups is 2. The Labute approximate surface area is 139 Å².